The van der Waals surface area contributed by atoms with Gasteiger partial charge in [0.2, 0.25) is 0 Å². The normalized spacial score (nSPS) is 27.7. The molecule has 122 valence electrons. The number of aromatic nitrogens is 1. The van der Waals surface area contributed by atoms with E-state index in [0.717, 1.165) is 45.2 Å². The minimum Gasteiger partial charge on any atom is -0.391 e. The summed E-state index contributed by atoms with van der Waals surface area (Å²) in [6, 6.07) is 2.15. The minimum atomic E-state index is -0.182. The smallest absolute Gasteiger partial charge is 0.273 e. The minimum absolute atomic E-state index is 0.159. The lowest BCUT2D eigenvalue weighted by atomic mass is 9.89. The molecular weight excluding hydrogens is 282 g/mol. The van der Waals surface area contributed by atoms with Crippen LogP contribution in [0.3, 0.4) is 0 Å². The van der Waals surface area contributed by atoms with Gasteiger partial charge in [-0.1, -0.05) is 18.0 Å². The van der Waals surface area contributed by atoms with Crippen molar-refractivity contribution in [1.29, 1.82) is 0 Å². The quantitative estimate of drug-likeness (QED) is 0.884. The zero-order chi connectivity index (χ0) is 15.5. The van der Waals surface area contributed by atoms with Crippen LogP contribution in [0.2, 0.25) is 0 Å². The van der Waals surface area contributed by atoms with Gasteiger partial charge in [0, 0.05) is 31.2 Å². The van der Waals surface area contributed by atoms with Crippen LogP contribution in [-0.2, 0) is 0 Å². The van der Waals surface area contributed by atoms with Gasteiger partial charge in [0.05, 0.1) is 6.10 Å². The van der Waals surface area contributed by atoms with Gasteiger partial charge in [-0.15, -0.1) is 0 Å². The lowest BCUT2D eigenvalue weighted by Gasteiger charge is -2.41. The number of carbonyl (C=O) groups excluding carboxylic acids is 1. The Morgan fingerprint density at radius 3 is 2.68 bits per heavy atom. The van der Waals surface area contributed by atoms with Crippen molar-refractivity contribution in [3.05, 3.63) is 17.5 Å². The third-order valence-corrected chi connectivity index (χ3v) is 4.89. The van der Waals surface area contributed by atoms with Crippen LogP contribution in [0, 0.1) is 6.92 Å². The molecule has 1 aromatic rings. The Morgan fingerprint density at radius 1 is 1.32 bits per heavy atom. The average molecular weight is 307 g/mol. The van der Waals surface area contributed by atoms with E-state index in [1.807, 2.05) is 0 Å². The molecule has 2 aliphatic rings. The van der Waals surface area contributed by atoms with Gasteiger partial charge < -0.3 is 14.9 Å². The summed E-state index contributed by atoms with van der Waals surface area (Å²) in [6.45, 7) is 3.65. The zero-order valence-corrected chi connectivity index (χ0v) is 13.1. The number of hydrogen-bond donors (Lipinski definition) is 2. The lowest BCUT2D eigenvalue weighted by Crippen LogP contribution is -2.52. The highest BCUT2D eigenvalue weighted by Crippen LogP contribution is 2.25. The Bertz CT molecular complexity index is 508. The average Bonchev–Trinajstić information content (AvgIpc) is 2.95. The van der Waals surface area contributed by atoms with Crippen molar-refractivity contribution < 1.29 is 14.4 Å². The highest BCUT2D eigenvalue weighted by atomic mass is 16.5. The molecule has 6 heteroatoms. The van der Waals surface area contributed by atoms with Crippen LogP contribution in [0.25, 0.3) is 0 Å². The van der Waals surface area contributed by atoms with Gasteiger partial charge >= 0.3 is 0 Å². The second-order valence-electron chi connectivity index (χ2n) is 6.53. The number of aliphatic hydroxyl groups excluding tert-OH is 1. The van der Waals surface area contributed by atoms with Crippen molar-refractivity contribution in [2.45, 2.75) is 63.6 Å². The fraction of sp³-hybridized carbons (Fsp3) is 0.750. The van der Waals surface area contributed by atoms with Gasteiger partial charge in [0.1, 0.15) is 5.76 Å². The molecule has 22 heavy (non-hydrogen) atoms. The van der Waals surface area contributed by atoms with Crippen molar-refractivity contribution in [2.75, 3.05) is 13.1 Å². The Hall–Kier alpha value is -1.40. The number of nitrogens with one attached hydrogen (secondary N) is 1. The predicted molar refractivity (Wildman–Crippen MR) is 81.6 cm³/mol. The molecule has 1 saturated carbocycles. The summed E-state index contributed by atoms with van der Waals surface area (Å²) in [5.41, 5.74) is 0.350. The topological polar surface area (TPSA) is 78.6 Å². The molecule has 6 nitrogen and oxygen atoms in total. The van der Waals surface area contributed by atoms with Crippen LogP contribution < -0.4 is 5.32 Å². The molecule has 1 amide bonds. The van der Waals surface area contributed by atoms with Gasteiger partial charge in [0.25, 0.3) is 5.91 Å². The number of aliphatic hydroxyl groups is 1. The van der Waals surface area contributed by atoms with E-state index in [4.69, 9.17) is 4.52 Å². The molecule has 0 radical (unpaired) electrons. The molecule has 0 spiro atoms. The van der Waals surface area contributed by atoms with Crippen molar-refractivity contribution in [1.82, 2.24) is 15.4 Å². The number of amides is 1. The highest BCUT2D eigenvalue weighted by molar-refractivity contribution is 5.92. The van der Waals surface area contributed by atoms with Gasteiger partial charge in [-0.3, -0.25) is 9.69 Å². The molecule has 2 atom stereocenters. The van der Waals surface area contributed by atoms with Gasteiger partial charge in [-0.2, -0.15) is 0 Å². The van der Waals surface area contributed by atoms with E-state index in [0.29, 0.717) is 17.5 Å². The van der Waals surface area contributed by atoms with Crippen molar-refractivity contribution in [3.63, 3.8) is 0 Å². The first-order valence-electron chi connectivity index (χ1n) is 8.30. The first-order chi connectivity index (χ1) is 10.6. The standard InChI is InChI=1S/C16H25N3O3/c1-11-10-13(18-22-11)16(21)17-12-6-8-19(9-7-12)14-4-2-3-5-15(14)20/h10,12,14-15,20H,2-9H2,1H3,(H,17,21). The molecule has 2 heterocycles. The number of aryl methyl sites for hydroxylation is 1. The molecule has 2 unspecified atom stereocenters. The number of hydrogen-bond acceptors (Lipinski definition) is 5. The maximum absolute atomic E-state index is 12.1. The summed E-state index contributed by atoms with van der Waals surface area (Å²) in [5, 5.41) is 16.9. The summed E-state index contributed by atoms with van der Waals surface area (Å²) in [4.78, 5) is 14.5. The molecule has 0 aromatic carbocycles. The Labute approximate surface area is 130 Å². The van der Waals surface area contributed by atoms with Crippen molar-refractivity contribution >= 4 is 5.91 Å². The molecule has 1 aromatic heterocycles. The summed E-state index contributed by atoms with van der Waals surface area (Å²) < 4.78 is 4.94. The van der Waals surface area contributed by atoms with Crippen LogP contribution >= 0.6 is 0 Å². The van der Waals surface area contributed by atoms with Crippen LogP contribution in [0.1, 0.15) is 54.8 Å². The maximum Gasteiger partial charge on any atom is 0.273 e. The molecule has 1 saturated heterocycles. The second-order valence-corrected chi connectivity index (χ2v) is 6.53. The monoisotopic (exact) mass is 307 g/mol. The van der Waals surface area contributed by atoms with Crippen LogP contribution in [0.4, 0.5) is 0 Å². The number of likely N-dealkylation sites (tertiary alicyclic amines) is 1. The fourth-order valence-corrected chi connectivity index (χ4v) is 3.63. The first-order valence-corrected chi connectivity index (χ1v) is 8.30. The molecule has 2 fully saturated rings. The SMILES string of the molecule is Cc1cc(C(=O)NC2CCN(C3CCCCC3O)CC2)no1. The summed E-state index contributed by atoms with van der Waals surface area (Å²) in [5.74, 6) is 0.485. The Balaban J connectivity index is 1.48. The largest absolute Gasteiger partial charge is 0.391 e. The number of nitrogens with zero attached hydrogens (tertiary/aromatic N) is 2. The zero-order valence-electron chi connectivity index (χ0n) is 13.1. The molecular formula is C16H25N3O3. The number of rotatable bonds is 3. The third kappa shape index (κ3) is 3.50. The fourth-order valence-electron chi connectivity index (χ4n) is 3.63. The van der Waals surface area contributed by atoms with Gasteiger partial charge in [0.15, 0.2) is 5.69 Å². The van der Waals surface area contributed by atoms with E-state index in [2.05, 4.69) is 15.4 Å². The van der Waals surface area contributed by atoms with Crippen LogP contribution in [-0.4, -0.2) is 52.3 Å². The van der Waals surface area contributed by atoms with Crippen LogP contribution in [0.15, 0.2) is 10.6 Å². The predicted octanol–water partition coefficient (Wildman–Crippen LogP) is 1.48. The first kappa shape index (κ1) is 15.5. The maximum atomic E-state index is 12.1. The number of carbonyl (C=O) groups is 1. The van der Waals surface area contributed by atoms with Crippen LogP contribution in [0.5, 0.6) is 0 Å². The summed E-state index contributed by atoms with van der Waals surface area (Å²) in [6.07, 6.45) is 6.03. The van der Waals surface area contributed by atoms with E-state index >= 15 is 0 Å². The van der Waals surface area contributed by atoms with Crippen molar-refractivity contribution in [2.24, 2.45) is 0 Å². The van der Waals surface area contributed by atoms with E-state index in [9.17, 15) is 9.90 Å². The molecule has 1 aliphatic heterocycles. The van der Waals surface area contributed by atoms with Gasteiger partial charge in [-0.25, -0.2) is 0 Å². The molecule has 2 N–H and O–H groups in total. The Kier molecular flexibility index (Phi) is 4.78. The highest BCUT2D eigenvalue weighted by Gasteiger charge is 2.31. The van der Waals surface area contributed by atoms with Crippen molar-refractivity contribution in [3.8, 4) is 0 Å². The lowest BCUT2D eigenvalue weighted by molar-refractivity contribution is 0.00725. The summed E-state index contributed by atoms with van der Waals surface area (Å²) >= 11 is 0. The molecule has 0 bridgehead atoms. The molecule has 3 rings (SSSR count). The third-order valence-electron chi connectivity index (χ3n) is 4.89. The van der Waals surface area contributed by atoms with E-state index in [-0.39, 0.29) is 18.1 Å². The van der Waals surface area contributed by atoms with E-state index in [1.165, 1.54) is 6.42 Å². The second kappa shape index (κ2) is 6.79. The van der Waals surface area contributed by atoms with E-state index < -0.39 is 0 Å². The number of piperidine rings is 1. The summed E-state index contributed by atoms with van der Waals surface area (Å²) in [7, 11) is 0. The van der Waals surface area contributed by atoms with E-state index in [1.54, 1.807) is 13.0 Å². The molecule has 1 aliphatic carbocycles. The Morgan fingerprint density at radius 2 is 2.05 bits per heavy atom. The van der Waals surface area contributed by atoms with Gasteiger partial charge in [-0.05, 0) is 32.6 Å².